The van der Waals surface area contributed by atoms with Gasteiger partial charge >= 0.3 is 26.9 Å². The standard InChI is InChI=1S/C24H32NO6P.Li.H/c26-20-6-10-22(11-7-20)30-17-21(27)16-25-15-12-19-4-8-23(9-5-19)31-18-24(32(28)29)13-2-1-3-14-24;;/h4-11,21,25,27H,1-3,12-18H2,(H-,26,28,29);;/q;+1;-1/p+1. The SMILES string of the molecule is O=[P+](O)C1(COc2ccc(CCNCC(O)COc3ccc(O)cc3)cc2)CCCCC1.[H-].[Li+]. The minimum atomic E-state index is -2.26. The third kappa shape index (κ3) is 8.94. The zero-order valence-electron chi connectivity index (χ0n) is 20.3. The Morgan fingerprint density at radius 3 is 2.24 bits per heavy atom. The summed E-state index contributed by atoms with van der Waals surface area (Å²) in [5, 5.41) is 21.9. The first-order valence-corrected chi connectivity index (χ1v) is 12.4. The molecular weight excluding hydrogens is 436 g/mol. The maximum atomic E-state index is 11.9. The minimum Gasteiger partial charge on any atom is -1.00 e. The van der Waals surface area contributed by atoms with E-state index >= 15 is 0 Å². The monoisotopic (exact) mass is 470 g/mol. The van der Waals surface area contributed by atoms with Crippen LogP contribution in [0.25, 0.3) is 0 Å². The van der Waals surface area contributed by atoms with E-state index in [0.717, 1.165) is 44.1 Å². The van der Waals surface area contributed by atoms with Gasteiger partial charge in [-0.1, -0.05) is 18.6 Å². The average Bonchev–Trinajstić information content (AvgIpc) is 2.81. The molecule has 1 saturated carbocycles. The molecule has 1 aliphatic rings. The van der Waals surface area contributed by atoms with Crippen molar-refractivity contribution in [3.63, 3.8) is 0 Å². The number of nitrogens with one attached hydrogen (secondary N) is 1. The Hall–Kier alpha value is -1.58. The van der Waals surface area contributed by atoms with Gasteiger partial charge in [0.1, 0.15) is 36.6 Å². The summed E-state index contributed by atoms with van der Waals surface area (Å²) in [6.07, 6.45) is 4.74. The van der Waals surface area contributed by atoms with Crippen LogP contribution in [0.5, 0.6) is 17.2 Å². The Kier molecular flexibility index (Phi) is 11.7. The van der Waals surface area contributed by atoms with E-state index < -0.39 is 19.3 Å². The zero-order valence-corrected chi connectivity index (χ0v) is 20.2. The van der Waals surface area contributed by atoms with E-state index in [2.05, 4.69) is 5.32 Å². The first-order chi connectivity index (χ1) is 15.5. The Morgan fingerprint density at radius 1 is 1.00 bits per heavy atom. The van der Waals surface area contributed by atoms with Crippen LogP contribution >= 0.6 is 8.03 Å². The zero-order chi connectivity index (χ0) is 22.8. The summed E-state index contributed by atoms with van der Waals surface area (Å²) in [7, 11) is -2.26. The number of phenolic OH excluding ortho intramolecular Hbond substituents is 1. The number of aliphatic hydroxyl groups excluding tert-OH is 1. The Bertz CT molecular complexity index is 850. The van der Waals surface area contributed by atoms with Crippen LogP contribution in [0.4, 0.5) is 0 Å². The molecule has 176 valence electrons. The second kappa shape index (κ2) is 14.0. The van der Waals surface area contributed by atoms with E-state index in [9.17, 15) is 19.7 Å². The van der Waals surface area contributed by atoms with Crippen molar-refractivity contribution in [2.24, 2.45) is 0 Å². The summed E-state index contributed by atoms with van der Waals surface area (Å²) >= 11 is 0. The Balaban J connectivity index is 0.00000289. The van der Waals surface area contributed by atoms with E-state index in [1.54, 1.807) is 12.1 Å². The van der Waals surface area contributed by atoms with Crippen molar-refractivity contribution >= 4 is 8.03 Å². The van der Waals surface area contributed by atoms with Crippen LogP contribution in [0.15, 0.2) is 48.5 Å². The fourth-order valence-corrected chi connectivity index (χ4v) is 4.74. The van der Waals surface area contributed by atoms with Gasteiger partial charge in [-0.3, -0.25) is 0 Å². The molecule has 4 N–H and O–H groups in total. The van der Waals surface area contributed by atoms with E-state index in [1.807, 2.05) is 24.3 Å². The molecule has 0 bridgehead atoms. The van der Waals surface area contributed by atoms with Gasteiger partial charge in [-0.05, 0) is 72.3 Å². The molecule has 0 spiro atoms. The van der Waals surface area contributed by atoms with E-state index in [-0.39, 0.29) is 39.3 Å². The normalized spacial score (nSPS) is 16.4. The molecule has 9 heteroatoms. The fourth-order valence-electron chi connectivity index (χ4n) is 3.87. The summed E-state index contributed by atoms with van der Waals surface area (Å²) in [6.45, 7) is 1.58. The Labute approximate surface area is 210 Å². The number of ether oxygens (including phenoxy) is 2. The second-order valence-electron chi connectivity index (χ2n) is 8.40. The molecule has 2 unspecified atom stereocenters. The summed E-state index contributed by atoms with van der Waals surface area (Å²) in [4.78, 5) is 9.80. The van der Waals surface area contributed by atoms with Crippen molar-refractivity contribution in [3.8, 4) is 17.2 Å². The quantitative estimate of drug-likeness (QED) is 0.207. The number of hydrogen-bond donors (Lipinski definition) is 4. The molecule has 0 saturated heterocycles. The molecule has 2 aromatic rings. The van der Waals surface area contributed by atoms with Gasteiger partial charge in [0.25, 0.3) is 0 Å². The predicted molar refractivity (Wildman–Crippen MR) is 125 cm³/mol. The first-order valence-electron chi connectivity index (χ1n) is 11.2. The van der Waals surface area contributed by atoms with Gasteiger partial charge in [0.2, 0.25) is 5.16 Å². The van der Waals surface area contributed by atoms with Crippen LogP contribution in [-0.4, -0.2) is 52.7 Å². The van der Waals surface area contributed by atoms with E-state index in [0.29, 0.717) is 24.6 Å². The maximum absolute atomic E-state index is 11.9. The van der Waals surface area contributed by atoms with Crippen LogP contribution in [0.3, 0.4) is 0 Å². The second-order valence-corrected chi connectivity index (χ2v) is 9.90. The van der Waals surface area contributed by atoms with Crippen LogP contribution in [0, 0.1) is 0 Å². The van der Waals surface area contributed by atoms with Crippen molar-refractivity contribution in [1.29, 1.82) is 0 Å². The molecule has 33 heavy (non-hydrogen) atoms. The molecule has 0 aliphatic heterocycles. The van der Waals surface area contributed by atoms with Gasteiger partial charge in [0.05, 0.1) is 0 Å². The van der Waals surface area contributed by atoms with Gasteiger partial charge < -0.3 is 26.4 Å². The first kappa shape index (κ1) is 27.7. The predicted octanol–water partition coefficient (Wildman–Crippen LogP) is 0.897. The number of rotatable bonds is 12. The van der Waals surface area contributed by atoms with Crippen LogP contribution in [0.2, 0.25) is 0 Å². The van der Waals surface area contributed by atoms with Gasteiger partial charge in [-0.2, -0.15) is 4.89 Å². The summed E-state index contributed by atoms with van der Waals surface area (Å²) in [6, 6.07) is 14.2. The molecule has 1 fully saturated rings. The van der Waals surface area contributed by atoms with Gasteiger partial charge in [-0.15, -0.1) is 0 Å². The van der Waals surface area contributed by atoms with Crippen molar-refractivity contribution in [1.82, 2.24) is 5.32 Å². The van der Waals surface area contributed by atoms with Crippen LogP contribution in [0.1, 0.15) is 39.1 Å². The smallest absolute Gasteiger partial charge is 1.00 e. The van der Waals surface area contributed by atoms with Crippen molar-refractivity contribution in [3.05, 3.63) is 54.1 Å². The average molecular weight is 470 g/mol. The van der Waals surface area contributed by atoms with Gasteiger partial charge in [0.15, 0.2) is 0 Å². The van der Waals surface area contributed by atoms with Crippen molar-refractivity contribution in [2.75, 3.05) is 26.3 Å². The molecule has 0 amide bonds. The number of benzene rings is 2. The van der Waals surface area contributed by atoms with Crippen LogP contribution in [-0.2, 0) is 11.0 Å². The number of aliphatic hydroxyl groups is 1. The number of phenols is 1. The van der Waals surface area contributed by atoms with Crippen molar-refractivity contribution in [2.45, 2.75) is 49.8 Å². The van der Waals surface area contributed by atoms with Gasteiger partial charge in [-0.25, -0.2) is 0 Å². The molecule has 2 atom stereocenters. The largest absolute Gasteiger partial charge is 1.00 e. The third-order valence-electron chi connectivity index (χ3n) is 5.87. The third-order valence-corrected chi connectivity index (χ3v) is 7.26. The topological polar surface area (TPSA) is 108 Å². The van der Waals surface area contributed by atoms with E-state index in [4.69, 9.17) is 9.47 Å². The molecule has 7 nitrogen and oxygen atoms in total. The number of aromatic hydroxyl groups is 1. The minimum absolute atomic E-state index is 0. The van der Waals surface area contributed by atoms with Crippen molar-refractivity contribution < 1.29 is 49.4 Å². The molecular formula is C24H34LiNO6P+. The summed E-state index contributed by atoms with van der Waals surface area (Å²) in [5.41, 5.74) is 1.14. The van der Waals surface area contributed by atoms with Gasteiger partial charge in [0, 0.05) is 19.4 Å². The fraction of sp³-hybridized carbons (Fsp3) is 0.500. The molecule has 2 aromatic carbocycles. The van der Waals surface area contributed by atoms with Crippen LogP contribution < -0.4 is 33.7 Å². The maximum Gasteiger partial charge on any atom is 1.00 e. The molecule has 3 rings (SSSR count). The molecule has 0 heterocycles. The molecule has 0 aromatic heterocycles. The molecule has 0 radical (unpaired) electrons. The van der Waals surface area contributed by atoms with E-state index in [1.165, 1.54) is 12.1 Å². The summed E-state index contributed by atoms with van der Waals surface area (Å²) < 4.78 is 23.3. The number of hydrogen-bond acceptors (Lipinski definition) is 6. The molecule has 1 aliphatic carbocycles. The summed E-state index contributed by atoms with van der Waals surface area (Å²) in [5.74, 6) is 1.49. The Morgan fingerprint density at radius 2 is 1.61 bits per heavy atom.